The summed E-state index contributed by atoms with van der Waals surface area (Å²) < 4.78 is 16.4. The highest BCUT2D eigenvalue weighted by molar-refractivity contribution is 6.53. The van der Waals surface area contributed by atoms with Crippen LogP contribution in [0.5, 0.6) is 0 Å². The fourth-order valence-corrected chi connectivity index (χ4v) is 4.72. The van der Waals surface area contributed by atoms with Gasteiger partial charge in [-0.2, -0.15) is 4.57 Å². The summed E-state index contributed by atoms with van der Waals surface area (Å²) in [5.41, 5.74) is 3.89. The van der Waals surface area contributed by atoms with Crippen molar-refractivity contribution in [2.24, 2.45) is 0 Å². The van der Waals surface area contributed by atoms with Gasteiger partial charge in [-0.3, -0.25) is 19.5 Å². The van der Waals surface area contributed by atoms with E-state index in [0.717, 1.165) is 21.6 Å². The van der Waals surface area contributed by atoms with Gasteiger partial charge in [0, 0.05) is 16.8 Å². The lowest BCUT2D eigenvalue weighted by molar-refractivity contribution is -0.577. The Morgan fingerprint density at radius 3 is 2.00 bits per heavy atom. The molecule has 2 aromatic carbocycles. The average molecular weight is 498 g/mol. The van der Waals surface area contributed by atoms with Crippen molar-refractivity contribution in [2.45, 2.75) is 34.1 Å². The van der Waals surface area contributed by atoms with E-state index in [0.29, 0.717) is 23.5 Å². The number of pyridine rings is 1. The Hall–Kier alpha value is -4.59. The third-order valence-corrected chi connectivity index (χ3v) is 6.40. The Balaban J connectivity index is 1.79. The number of carbonyl (C=O) groups is 2. The van der Waals surface area contributed by atoms with E-state index in [1.54, 1.807) is 29.1 Å². The molecule has 2 amide bonds. The summed E-state index contributed by atoms with van der Waals surface area (Å²) in [6.07, 6.45) is 3.94. The molecule has 0 radical (unpaired) electrons. The predicted octanol–water partition coefficient (Wildman–Crippen LogP) is 4.02. The minimum Gasteiger partial charge on any atom is -0.294 e. The van der Waals surface area contributed by atoms with Crippen molar-refractivity contribution >= 4 is 28.8 Å². The molecule has 0 saturated carbocycles. The molecule has 4 aromatic rings. The number of aromatic amines is 1. The third-order valence-electron chi connectivity index (χ3n) is 6.40. The predicted molar refractivity (Wildman–Crippen MR) is 139 cm³/mol. The number of hydrogen-bond donors (Lipinski definition) is 1. The molecule has 7 nitrogen and oxygen atoms in total. The number of halogens is 1. The molecule has 0 fully saturated rings. The maximum absolute atomic E-state index is 14.0. The summed E-state index contributed by atoms with van der Waals surface area (Å²) in [7, 11) is 0. The molecule has 8 heteroatoms. The van der Waals surface area contributed by atoms with Gasteiger partial charge < -0.3 is 0 Å². The number of nitrogens with one attached hydrogen (secondary N) is 1. The van der Waals surface area contributed by atoms with E-state index >= 15 is 0 Å². The molecule has 0 bridgehead atoms. The minimum absolute atomic E-state index is 0.0273. The number of rotatable bonds is 5. The largest absolute Gasteiger partial charge is 0.331 e. The van der Waals surface area contributed by atoms with Crippen molar-refractivity contribution in [1.82, 2.24) is 9.78 Å². The molecule has 186 valence electrons. The van der Waals surface area contributed by atoms with E-state index in [4.69, 9.17) is 0 Å². The molecule has 37 heavy (non-hydrogen) atoms. The first kappa shape index (κ1) is 24.1. The SMILES string of the molecule is CCc1[nH]n(-c2ccc(F)cc2)c(=O)c1C1=C([n+]2cc(C)cc(C)c2)C(=O)N(c2ccc(C)cc2)C1=O. The number of amides is 2. The summed E-state index contributed by atoms with van der Waals surface area (Å²) >= 11 is 0. The molecule has 0 saturated heterocycles. The van der Waals surface area contributed by atoms with Gasteiger partial charge in [0.25, 0.3) is 17.2 Å². The summed E-state index contributed by atoms with van der Waals surface area (Å²) in [5, 5.41) is 3.06. The number of aryl methyl sites for hydroxylation is 4. The van der Waals surface area contributed by atoms with E-state index in [1.807, 2.05) is 45.9 Å². The molecule has 1 aliphatic rings. The zero-order valence-corrected chi connectivity index (χ0v) is 21.0. The van der Waals surface area contributed by atoms with Crippen molar-refractivity contribution in [3.63, 3.8) is 0 Å². The highest BCUT2D eigenvalue weighted by Gasteiger charge is 2.48. The van der Waals surface area contributed by atoms with Gasteiger partial charge in [0.15, 0.2) is 12.4 Å². The molecular formula is C29H26FN4O3+. The second-order valence-corrected chi connectivity index (χ2v) is 9.24. The maximum atomic E-state index is 14.0. The fraction of sp³-hybridized carbons (Fsp3) is 0.172. The molecule has 1 aliphatic heterocycles. The summed E-state index contributed by atoms with van der Waals surface area (Å²) in [6, 6.07) is 14.5. The number of nitrogens with zero attached hydrogens (tertiary/aromatic N) is 3. The van der Waals surface area contributed by atoms with E-state index in [9.17, 15) is 18.8 Å². The first-order chi connectivity index (χ1) is 17.7. The molecule has 3 heterocycles. The second-order valence-electron chi connectivity index (χ2n) is 9.24. The Bertz CT molecular complexity index is 1620. The number of carbonyl (C=O) groups excluding carboxylic acids is 2. The quantitative estimate of drug-likeness (QED) is 0.334. The number of anilines is 1. The van der Waals surface area contributed by atoms with Gasteiger partial charge in [-0.05, 0) is 69.7 Å². The van der Waals surface area contributed by atoms with Crippen LogP contribution in [0, 0.1) is 26.6 Å². The van der Waals surface area contributed by atoms with Crippen LogP contribution in [0.4, 0.5) is 10.1 Å². The zero-order valence-electron chi connectivity index (χ0n) is 21.0. The standard InChI is InChI=1S/C29H25FN4O3/c1-5-23-24(28(36)34(31-23)22-12-8-20(30)9-13-22)25-26(32-15-18(3)14-19(4)16-32)29(37)33(27(25)35)21-10-6-17(2)7-11-21/h6-16H,5H2,1-4H3/p+1. The number of hydrogen-bond acceptors (Lipinski definition) is 3. The van der Waals surface area contributed by atoms with Crippen LogP contribution < -0.4 is 15.0 Å². The summed E-state index contributed by atoms with van der Waals surface area (Å²) in [5.74, 6) is -1.52. The lowest BCUT2D eigenvalue weighted by atomic mass is 10.0. The highest BCUT2D eigenvalue weighted by Crippen LogP contribution is 2.33. The highest BCUT2D eigenvalue weighted by atomic mass is 19.1. The van der Waals surface area contributed by atoms with Crippen molar-refractivity contribution in [3.8, 4) is 5.69 Å². The van der Waals surface area contributed by atoms with Crippen LogP contribution in [-0.2, 0) is 16.0 Å². The number of aromatic nitrogens is 3. The van der Waals surface area contributed by atoms with E-state index in [-0.39, 0.29) is 16.8 Å². The molecule has 0 atom stereocenters. The molecule has 0 unspecified atom stereocenters. The average Bonchev–Trinajstić information content (AvgIpc) is 3.31. The molecule has 0 aliphatic carbocycles. The molecule has 5 rings (SSSR count). The van der Waals surface area contributed by atoms with Gasteiger partial charge in [-0.15, -0.1) is 0 Å². The van der Waals surface area contributed by atoms with Crippen molar-refractivity contribution < 1.29 is 18.5 Å². The minimum atomic E-state index is -0.576. The third kappa shape index (κ3) is 4.10. The molecule has 0 spiro atoms. The second kappa shape index (κ2) is 9.13. The number of imide groups is 1. The van der Waals surface area contributed by atoms with Gasteiger partial charge >= 0.3 is 5.91 Å². The first-order valence-corrected chi connectivity index (χ1v) is 12.0. The van der Waals surface area contributed by atoms with Crippen LogP contribution in [0.3, 0.4) is 0 Å². The zero-order chi connectivity index (χ0) is 26.4. The molecular weight excluding hydrogens is 471 g/mol. The Morgan fingerprint density at radius 2 is 1.41 bits per heavy atom. The maximum Gasteiger partial charge on any atom is 0.331 e. The van der Waals surface area contributed by atoms with Crippen LogP contribution in [-0.4, -0.2) is 21.6 Å². The van der Waals surface area contributed by atoms with Crippen molar-refractivity contribution in [3.05, 3.63) is 111 Å². The number of benzene rings is 2. The summed E-state index contributed by atoms with van der Waals surface area (Å²) in [6.45, 7) is 7.58. The molecule has 2 aromatic heterocycles. The Kier molecular flexibility index (Phi) is 5.95. The van der Waals surface area contributed by atoms with Crippen molar-refractivity contribution in [2.75, 3.05) is 4.90 Å². The van der Waals surface area contributed by atoms with Crippen molar-refractivity contribution in [1.29, 1.82) is 0 Å². The summed E-state index contributed by atoms with van der Waals surface area (Å²) in [4.78, 5) is 42.8. The smallest absolute Gasteiger partial charge is 0.294 e. The van der Waals surface area contributed by atoms with Gasteiger partial charge in [0.05, 0.1) is 16.9 Å². The van der Waals surface area contributed by atoms with Gasteiger partial charge in [0.2, 0.25) is 0 Å². The topological polar surface area (TPSA) is 79.1 Å². The Labute approximate surface area is 213 Å². The van der Waals surface area contributed by atoms with Crippen LogP contribution >= 0.6 is 0 Å². The fourth-order valence-electron chi connectivity index (χ4n) is 4.72. The monoisotopic (exact) mass is 497 g/mol. The van der Waals surface area contributed by atoms with Crippen LogP contribution in [0.25, 0.3) is 17.0 Å². The van der Waals surface area contributed by atoms with Gasteiger partial charge in [0.1, 0.15) is 11.4 Å². The number of H-pyrrole nitrogens is 1. The van der Waals surface area contributed by atoms with Gasteiger partial charge in [-0.1, -0.05) is 24.6 Å². The Morgan fingerprint density at radius 1 is 0.811 bits per heavy atom. The normalized spacial score (nSPS) is 13.7. The van der Waals surface area contributed by atoms with E-state index in [2.05, 4.69) is 5.10 Å². The van der Waals surface area contributed by atoms with Gasteiger partial charge in [-0.25, -0.2) is 14.0 Å². The lowest BCUT2D eigenvalue weighted by Gasteiger charge is -2.14. The van der Waals surface area contributed by atoms with Crippen LogP contribution in [0.1, 0.15) is 34.9 Å². The van der Waals surface area contributed by atoms with Crippen LogP contribution in [0.15, 0.2) is 71.8 Å². The first-order valence-electron chi connectivity index (χ1n) is 12.0. The van der Waals surface area contributed by atoms with E-state index < -0.39 is 23.2 Å². The van der Waals surface area contributed by atoms with Crippen LogP contribution in [0.2, 0.25) is 0 Å². The molecule has 1 N–H and O–H groups in total. The van der Waals surface area contributed by atoms with E-state index in [1.165, 1.54) is 28.9 Å². The lowest BCUT2D eigenvalue weighted by Crippen LogP contribution is -2.40.